The fraction of sp³-hybridized carbons (Fsp3) is 0.227. The molecular weight excluding hydrogens is 407 g/mol. The molecule has 0 unspecified atom stereocenters. The van der Waals surface area contributed by atoms with E-state index in [0.717, 1.165) is 43.4 Å². The number of aromatic nitrogens is 2. The number of urea groups is 1. The lowest BCUT2D eigenvalue weighted by molar-refractivity contribution is -0.136. The third kappa shape index (κ3) is 4.93. The molecule has 0 bridgehead atoms. The van der Waals surface area contributed by atoms with Crippen LogP contribution in [0, 0.1) is 0 Å². The number of hydrogen-bond donors (Lipinski definition) is 2. The zero-order valence-electron chi connectivity index (χ0n) is 16.5. The number of anilines is 3. The minimum atomic E-state index is -4.56. The second-order valence-electron chi connectivity index (χ2n) is 7.17. The van der Waals surface area contributed by atoms with E-state index >= 15 is 0 Å². The molecule has 1 aliphatic heterocycles. The van der Waals surface area contributed by atoms with E-state index in [4.69, 9.17) is 0 Å². The number of benzene rings is 2. The van der Waals surface area contributed by atoms with Crippen LogP contribution in [0.5, 0.6) is 0 Å². The summed E-state index contributed by atoms with van der Waals surface area (Å²) in [5, 5.41) is 13.3. The lowest BCUT2D eigenvalue weighted by Gasteiger charge is -2.15. The molecule has 1 aliphatic rings. The van der Waals surface area contributed by atoms with E-state index in [9.17, 15) is 18.0 Å². The van der Waals surface area contributed by atoms with Gasteiger partial charge in [-0.1, -0.05) is 24.3 Å². The first kappa shape index (κ1) is 20.6. The van der Waals surface area contributed by atoms with E-state index in [0.29, 0.717) is 11.4 Å². The Balaban J connectivity index is 1.40. The van der Waals surface area contributed by atoms with Crippen molar-refractivity contribution in [3.63, 3.8) is 0 Å². The number of nitrogens with zero attached hydrogens (tertiary/aromatic N) is 3. The van der Waals surface area contributed by atoms with Gasteiger partial charge in [0.15, 0.2) is 5.82 Å². The van der Waals surface area contributed by atoms with Crippen LogP contribution in [0.4, 0.5) is 35.2 Å². The largest absolute Gasteiger partial charge is 0.418 e. The van der Waals surface area contributed by atoms with Gasteiger partial charge in [0.05, 0.1) is 16.9 Å². The third-order valence-corrected chi connectivity index (χ3v) is 5.00. The Kier molecular flexibility index (Phi) is 5.75. The van der Waals surface area contributed by atoms with Gasteiger partial charge in [-0.05, 0) is 49.2 Å². The summed E-state index contributed by atoms with van der Waals surface area (Å²) >= 11 is 0. The molecule has 2 aromatic carbocycles. The smallest absolute Gasteiger partial charge is 0.355 e. The first-order valence-corrected chi connectivity index (χ1v) is 9.83. The van der Waals surface area contributed by atoms with Gasteiger partial charge in [0.25, 0.3) is 0 Å². The minimum Gasteiger partial charge on any atom is -0.355 e. The van der Waals surface area contributed by atoms with E-state index in [2.05, 4.69) is 25.7 Å². The number of carbonyl (C=O) groups excluding carboxylic acids is 1. The van der Waals surface area contributed by atoms with Crippen molar-refractivity contribution in [1.82, 2.24) is 10.2 Å². The Hall–Kier alpha value is -3.62. The summed E-state index contributed by atoms with van der Waals surface area (Å²) in [5.41, 5.74) is 0.730. The number of para-hydroxylation sites is 1. The predicted molar refractivity (Wildman–Crippen MR) is 113 cm³/mol. The van der Waals surface area contributed by atoms with Crippen LogP contribution in [0.15, 0.2) is 60.7 Å². The van der Waals surface area contributed by atoms with Gasteiger partial charge in [0.2, 0.25) is 0 Å². The maximum Gasteiger partial charge on any atom is 0.418 e. The van der Waals surface area contributed by atoms with Crippen molar-refractivity contribution in [2.24, 2.45) is 0 Å². The molecule has 160 valence electrons. The van der Waals surface area contributed by atoms with E-state index in [1.54, 1.807) is 24.3 Å². The number of carbonyl (C=O) groups is 1. The lowest BCUT2D eigenvalue weighted by atomic mass is 10.1. The van der Waals surface area contributed by atoms with Crippen molar-refractivity contribution in [2.45, 2.75) is 19.0 Å². The molecular formula is C22H20F3N5O. The molecule has 2 heterocycles. The van der Waals surface area contributed by atoms with Crippen LogP contribution >= 0.6 is 0 Å². The van der Waals surface area contributed by atoms with Gasteiger partial charge < -0.3 is 15.5 Å². The fourth-order valence-electron chi connectivity index (χ4n) is 3.44. The molecule has 31 heavy (non-hydrogen) atoms. The molecule has 0 atom stereocenters. The Morgan fingerprint density at radius 3 is 2.23 bits per heavy atom. The average molecular weight is 427 g/mol. The first-order valence-electron chi connectivity index (χ1n) is 9.83. The summed E-state index contributed by atoms with van der Waals surface area (Å²) in [4.78, 5) is 14.4. The normalized spacial score (nSPS) is 13.8. The molecule has 1 saturated heterocycles. The number of amides is 2. The second kappa shape index (κ2) is 8.63. The summed E-state index contributed by atoms with van der Waals surface area (Å²) in [6.07, 6.45) is -2.24. The second-order valence-corrected chi connectivity index (χ2v) is 7.17. The molecule has 4 rings (SSSR count). The van der Waals surface area contributed by atoms with Crippen LogP contribution in [-0.2, 0) is 6.18 Å². The zero-order chi connectivity index (χ0) is 21.8. The predicted octanol–water partition coefficient (Wildman–Crippen LogP) is 5.41. The Bertz CT molecular complexity index is 1050. The van der Waals surface area contributed by atoms with Crippen LogP contribution in [0.3, 0.4) is 0 Å². The van der Waals surface area contributed by atoms with Crippen molar-refractivity contribution < 1.29 is 18.0 Å². The molecule has 6 nitrogen and oxygen atoms in total. The average Bonchev–Trinajstić information content (AvgIpc) is 3.29. The van der Waals surface area contributed by atoms with E-state index in [-0.39, 0.29) is 5.69 Å². The molecule has 1 fully saturated rings. The monoisotopic (exact) mass is 427 g/mol. The van der Waals surface area contributed by atoms with Crippen molar-refractivity contribution in [1.29, 1.82) is 0 Å². The summed E-state index contributed by atoms with van der Waals surface area (Å²) in [6.45, 7) is 1.98. The van der Waals surface area contributed by atoms with Gasteiger partial charge in [-0.2, -0.15) is 13.2 Å². The molecule has 0 spiro atoms. The van der Waals surface area contributed by atoms with Gasteiger partial charge in [-0.15, -0.1) is 10.2 Å². The van der Waals surface area contributed by atoms with Gasteiger partial charge >= 0.3 is 12.2 Å². The summed E-state index contributed by atoms with van der Waals surface area (Å²) in [7, 11) is 0. The Labute approximate surface area is 177 Å². The maximum atomic E-state index is 13.1. The standard InChI is InChI=1S/C22H20F3N5O/c23-22(24,25)17-5-1-2-6-19(17)27-21(31)26-16-9-7-15(8-10-16)18-11-12-20(29-28-18)30-13-3-4-14-30/h1-2,5-12H,3-4,13-14H2,(H2,26,27,31). The van der Waals surface area contributed by atoms with Gasteiger partial charge in [-0.25, -0.2) is 4.79 Å². The molecule has 1 aromatic heterocycles. The number of alkyl halides is 3. The number of hydrogen-bond acceptors (Lipinski definition) is 4. The molecule has 0 saturated carbocycles. The van der Waals surface area contributed by atoms with Crippen LogP contribution in [0.1, 0.15) is 18.4 Å². The molecule has 2 amide bonds. The molecule has 2 N–H and O–H groups in total. The van der Waals surface area contributed by atoms with E-state index in [1.165, 1.54) is 18.2 Å². The molecule has 3 aromatic rings. The van der Waals surface area contributed by atoms with Crippen LogP contribution in [0.2, 0.25) is 0 Å². The highest BCUT2D eigenvalue weighted by Gasteiger charge is 2.33. The van der Waals surface area contributed by atoms with Crippen molar-refractivity contribution >= 4 is 23.2 Å². The van der Waals surface area contributed by atoms with Crippen molar-refractivity contribution in [3.8, 4) is 11.3 Å². The highest BCUT2D eigenvalue weighted by molar-refractivity contribution is 6.00. The summed E-state index contributed by atoms with van der Waals surface area (Å²) in [6, 6.07) is 14.7. The van der Waals surface area contributed by atoms with Crippen LogP contribution in [-0.4, -0.2) is 29.3 Å². The topological polar surface area (TPSA) is 70.2 Å². The SMILES string of the molecule is O=C(Nc1ccc(-c2ccc(N3CCCC3)nn2)cc1)Nc1ccccc1C(F)(F)F. The lowest BCUT2D eigenvalue weighted by Crippen LogP contribution is -2.21. The fourth-order valence-corrected chi connectivity index (χ4v) is 3.44. The van der Waals surface area contributed by atoms with Gasteiger partial charge in [-0.3, -0.25) is 0 Å². The van der Waals surface area contributed by atoms with Crippen LogP contribution in [0.25, 0.3) is 11.3 Å². The third-order valence-electron chi connectivity index (χ3n) is 5.00. The summed E-state index contributed by atoms with van der Waals surface area (Å²) < 4.78 is 39.2. The van der Waals surface area contributed by atoms with Gasteiger partial charge in [0, 0.05) is 24.3 Å². The van der Waals surface area contributed by atoms with Crippen LogP contribution < -0.4 is 15.5 Å². The molecule has 0 aliphatic carbocycles. The number of nitrogens with one attached hydrogen (secondary N) is 2. The highest BCUT2D eigenvalue weighted by atomic mass is 19.4. The Morgan fingerprint density at radius 1 is 0.871 bits per heavy atom. The first-order chi connectivity index (χ1) is 14.9. The highest BCUT2D eigenvalue weighted by Crippen LogP contribution is 2.34. The Morgan fingerprint density at radius 2 is 1.58 bits per heavy atom. The minimum absolute atomic E-state index is 0.308. The number of halogens is 3. The van der Waals surface area contributed by atoms with Crippen molar-refractivity contribution in [2.75, 3.05) is 28.6 Å². The van der Waals surface area contributed by atoms with E-state index < -0.39 is 17.8 Å². The molecule has 0 radical (unpaired) electrons. The van der Waals surface area contributed by atoms with Gasteiger partial charge in [0.1, 0.15) is 0 Å². The van der Waals surface area contributed by atoms with Crippen molar-refractivity contribution in [3.05, 3.63) is 66.2 Å². The quantitative estimate of drug-likeness (QED) is 0.584. The zero-order valence-corrected chi connectivity index (χ0v) is 16.5. The molecule has 9 heteroatoms. The summed E-state index contributed by atoms with van der Waals surface area (Å²) in [5.74, 6) is 0.857. The maximum absolute atomic E-state index is 13.1. The van der Waals surface area contributed by atoms with E-state index in [1.807, 2.05) is 12.1 Å². The number of rotatable bonds is 4.